The zero-order chi connectivity index (χ0) is 18.0. The maximum atomic E-state index is 12.5. The van der Waals surface area contributed by atoms with E-state index in [0.29, 0.717) is 23.4 Å². The van der Waals surface area contributed by atoms with Crippen LogP contribution < -0.4 is 0 Å². The van der Waals surface area contributed by atoms with Crippen molar-refractivity contribution in [3.05, 3.63) is 53.8 Å². The first kappa shape index (κ1) is 17.3. The summed E-state index contributed by atoms with van der Waals surface area (Å²) in [5.41, 5.74) is 3.47. The molecule has 0 N–H and O–H groups in total. The van der Waals surface area contributed by atoms with Gasteiger partial charge < -0.3 is 13.4 Å². The number of hydrogen-bond donors (Lipinski definition) is 0. The molecule has 0 saturated heterocycles. The molecule has 0 saturated carbocycles. The van der Waals surface area contributed by atoms with E-state index in [-0.39, 0.29) is 11.5 Å². The van der Waals surface area contributed by atoms with E-state index in [1.807, 2.05) is 32.9 Å². The summed E-state index contributed by atoms with van der Waals surface area (Å²) in [5.74, 6) is 1.38. The van der Waals surface area contributed by atoms with E-state index < -0.39 is 0 Å². The molecule has 3 aromatic rings. The van der Waals surface area contributed by atoms with E-state index in [9.17, 15) is 4.79 Å². The molecule has 7 heteroatoms. The van der Waals surface area contributed by atoms with Crippen molar-refractivity contribution in [2.24, 2.45) is 0 Å². The minimum atomic E-state index is 0.0349. The third-order valence-electron chi connectivity index (χ3n) is 4.01. The molecule has 0 atom stereocenters. The Morgan fingerprint density at radius 2 is 2.16 bits per heavy atom. The number of nitrogens with zero attached hydrogens (tertiary/aromatic N) is 3. The van der Waals surface area contributed by atoms with Gasteiger partial charge in [0.05, 0.1) is 17.6 Å². The van der Waals surface area contributed by atoms with Crippen LogP contribution in [0.2, 0.25) is 0 Å². The van der Waals surface area contributed by atoms with Crippen LogP contribution in [0.4, 0.5) is 0 Å². The fourth-order valence-corrected chi connectivity index (χ4v) is 3.33. The Balaban J connectivity index is 1.69. The number of carbonyl (C=O) groups excluding carboxylic acids is 1. The third-order valence-corrected chi connectivity index (χ3v) is 4.83. The quantitative estimate of drug-likeness (QED) is 0.358. The van der Waals surface area contributed by atoms with Crippen LogP contribution in [-0.4, -0.2) is 26.3 Å². The summed E-state index contributed by atoms with van der Waals surface area (Å²) in [6.45, 7) is 10.2. The average molecular weight is 357 g/mol. The second-order valence-electron chi connectivity index (χ2n) is 5.66. The van der Waals surface area contributed by atoms with Crippen molar-refractivity contribution >= 4 is 17.5 Å². The van der Waals surface area contributed by atoms with Crippen molar-refractivity contribution in [2.75, 3.05) is 5.75 Å². The molecular formula is C18H19N3O3S. The Bertz CT molecular complexity index is 920. The molecule has 0 unspecified atom stereocenters. The molecule has 0 spiro atoms. The molecule has 3 heterocycles. The van der Waals surface area contributed by atoms with Crippen molar-refractivity contribution in [1.29, 1.82) is 0 Å². The highest BCUT2D eigenvalue weighted by atomic mass is 32.2. The van der Waals surface area contributed by atoms with Gasteiger partial charge in [-0.2, -0.15) is 0 Å². The smallest absolute Gasteiger partial charge is 0.277 e. The topological polar surface area (TPSA) is 74.1 Å². The van der Waals surface area contributed by atoms with Crippen LogP contribution in [0.1, 0.15) is 27.5 Å². The van der Waals surface area contributed by atoms with E-state index in [1.165, 1.54) is 11.8 Å². The summed E-state index contributed by atoms with van der Waals surface area (Å²) < 4.78 is 12.9. The van der Waals surface area contributed by atoms with Gasteiger partial charge >= 0.3 is 0 Å². The Kier molecular flexibility index (Phi) is 4.94. The predicted molar refractivity (Wildman–Crippen MR) is 95.9 cm³/mol. The van der Waals surface area contributed by atoms with Gasteiger partial charge in [0.1, 0.15) is 5.76 Å². The largest absolute Gasteiger partial charge is 0.469 e. The molecule has 0 fully saturated rings. The van der Waals surface area contributed by atoms with E-state index in [1.54, 1.807) is 12.3 Å². The van der Waals surface area contributed by atoms with Gasteiger partial charge in [0.25, 0.3) is 11.1 Å². The van der Waals surface area contributed by atoms with Crippen LogP contribution in [-0.2, 0) is 6.54 Å². The number of furan rings is 1. The molecule has 3 rings (SSSR count). The lowest BCUT2D eigenvalue weighted by Crippen LogP contribution is -2.06. The summed E-state index contributed by atoms with van der Waals surface area (Å²) >= 11 is 1.23. The zero-order valence-corrected chi connectivity index (χ0v) is 15.2. The summed E-state index contributed by atoms with van der Waals surface area (Å²) in [6.07, 6.45) is 3.39. The van der Waals surface area contributed by atoms with Gasteiger partial charge in [-0.3, -0.25) is 4.79 Å². The van der Waals surface area contributed by atoms with Gasteiger partial charge in [-0.1, -0.05) is 17.8 Å². The number of carbonyl (C=O) groups is 1. The minimum absolute atomic E-state index is 0.0349. The van der Waals surface area contributed by atoms with Crippen LogP contribution in [0.5, 0.6) is 0 Å². The van der Waals surface area contributed by atoms with Gasteiger partial charge in [0.2, 0.25) is 0 Å². The fraction of sp³-hybridized carbons (Fsp3) is 0.278. The highest BCUT2D eigenvalue weighted by molar-refractivity contribution is 7.99. The molecule has 0 bridgehead atoms. The summed E-state index contributed by atoms with van der Waals surface area (Å²) in [4.78, 5) is 12.5. The van der Waals surface area contributed by atoms with Gasteiger partial charge in [0, 0.05) is 23.5 Å². The molecule has 0 radical (unpaired) electrons. The lowest BCUT2D eigenvalue weighted by molar-refractivity contribution is 0.102. The van der Waals surface area contributed by atoms with Gasteiger partial charge in [-0.25, -0.2) is 0 Å². The molecule has 130 valence electrons. The van der Waals surface area contributed by atoms with Gasteiger partial charge in [-0.05, 0) is 32.9 Å². The lowest BCUT2D eigenvalue weighted by atomic mass is 10.2. The highest BCUT2D eigenvalue weighted by Crippen LogP contribution is 2.27. The standard InChI is InChI=1S/C18H19N3O3S/c1-5-7-21-11(2)9-15(12(21)3)16(22)10-25-18-20-19-17(24-18)14-6-8-23-13(14)4/h5-6,8-9H,1,7,10H2,2-4H3. The maximum absolute atomic E-state index is 12.5. The second kappa shape index (κ2) is 7.14. The lowest BCUT2D eigenvalue weighted by Gasteiger charge is -2.05. The number of rotatable bonds is 7. The number of allylic oxidation sites excluding steroid dienone is 1. The molecule has 3 aromatic heterocycles. The van der Waals surface area contributed by atoms with Crippen molar-refractivity contribution in [1.82, 2.24) is 14.8 Å². The summed E-state index contributed by atoms with van der Waals surface area (Å²) in [7, 11) is 0. The first-order valence-corrected chi connectivity index (χ1v) is 8.81. The molecular weight excluding hydrogens is 338 g/mol. The SMILES string of the molecule is C=CCn1c(C)cc(C(=O)CSc2nnc(-c3ccoc3C)o2)c1C. The molecule has 0 aliphatic rings. The van der Waals surface area contributed by atoms with Crippen molar-refractivity contribution in [3.8, 4) is 11.5 Å². The van der Waals surface area contributed by atoms with E-state index in [2.05, 4.69) is 21.3 Å². The molecule has 0 amide bonds. The maximum Gasteiger partial charge on any atom is 0.277 e. The monoisotopic (exact) mass is 357 g/mol. The van der Waals surface area contributed by atoms with Crippen molar-refractivity contribution in [2.45, 2.75) is 32.5 Å². The Labute approximate surface area is 149 Å². The number of ketones is 1. The average Bonchev–Trinajstić information content (AvgIpc) is 3.28. The van der Waals surface area contributed by atoms with Crippen LogP contribution in [0.15, 0.2) is 45.1 Å². The zero-order valence-electron chi connectivity index (χ0n) is 14.4. The molecule has 6 nitrogen and oxygen atoms in total. The number of Topliss-reactive ketones (excluding diaryl/α,β-unsaturated/α-hetero) is 1. The predicted octanol–water partition coefficient (Wildman–Crippen LogP) is 4.22. The van der Waals surface area contributed by atoms with Crippen molar-refractivity contribution < 1.29 is 13.6 Å². The first-order valence-electron chi connectivity index (χ1n) is 7.83. The highest BCUT2D eigenvalue weighted by Gasteiger charge is 2.18. The molecule has 25 heavy (non-hydrogen) atoms. The van der Waals surface area contributed by atoms with Crippen LogP contribution >= 0.6 is 11.8 Å². The van der Waals surface area contributed by atoms with Gasteiger partial charge in [0.15, 0.2) is 5.78 Å². The number of thioether (sulfide) groups is 1. The number of aryl methyl sites for hydroxylation is 2. The normalized spacial score (nSPS) is 11.0. The Morgan fingerprint density at radius 1 is 1.36 bits per heavy atom. The summed E-state index contributed by atoms with van der Waals surface area (Å²) in [5, 5.41) is 8.36. The Morgan fingerprint density at radius 3 is 2.84 bits per heavy atom. The second-order valence-corrected chi connectivity index (χ2v) is 6.59. The summed E-state index contributed by atoms with van der Waals surface area (Å²) in [6, 6.07) is 3.69. The Hall–Kier alpha value is -2.54. The first-order chi connectivity index (χ1) is 12.0. The number of hydrogen-bond acceptors (Lipinski definition) is 6. The van der Waals surface area contributed by atoms with E-state index in [4.69, 9.17) is 8.83 Å². The molecule has 0 aromatic carbocycles. The molecule has 0 aliphatic heterocycles. The third kappa shape index (κ3) is 3.46. The van der Waals surface area contributed by atoms with Crippen LogP contribution in [0.3, 0.4) is 0 Å². The minimum Gasteiger partial charge on any atom is -0.469 e. The van der Waals surface area contributed by atoms with Gasteiger partial charge in [-0.15, -0.1) is 16.8 Å². The van der Waals surface area contributed by atoms with Crippen molar-refractivity contribution in [3.63, 3.8) is 0 Å². The van der Waals surface area contributed by atoms with Crippen LogP contribution in [0, 0.1) is 20.8 Å². The van der Waals surface area contributed by atoms with E-state index in [0.717, 1.165) is 22.5 Å². The van der Waals surface area contributed by atoms with E-state index >= 15 is 0 Å². The van der Waals surface area contributed by atoms with Crippen LogP contribution in [0.25, 0.3) is 11.5 Å². The molecule has 0 aliphatic carbocycles. The number of aromatic nitrogens is 3. The fourth-order valence-electron chi connectivity index (χ4n) is 2.68.